The molecule has 0 radical (unpaired) electrons. The van der Waals surface area contributed by atoms with Crippen LogP contribution in [0.4, 0.5) is 4.79 Å². The van der Waals surface area contributed by atoms with Gasteiger partial charge < -0.3 is 9.64 Å². The summed E-state index contributed by atoms with van der Waals surface area (Å²) >= 11 is 1.67. The molecule has 0 aliphatic carbocycles. The van der Waals surface area contributed by atoms with Crippen LogP contribution in [0, 0.1) is 0 Å². The van der Waals surface area contributed by atoms with E-state index < -0.39 is 5.60 Å². The van der Waals surface area contributed by atoms with Crippen molar-refractivity contribution >= 4 is 17.4 Å². The van der Waals surface area contributed by atoms with Gasteiger partial charge in [0.15, 0.2) is 0 Å². The number of likely N-dealkylation sites (N-methyl/N-ethyl adjacent to an activating group) is 1. The first-order valence-electron chi connectivity index (χ1n) is 7.91. The van der Waals surface area contributed by atoms with Crippen LogP contribution in [0.1, 0.15) is 44.9 Å². The van der Waals surface area contributed by atoms with Crippen molar-refractivity contribution < 1.29 is 9.53 Å². The molecule has 22 heavy (non-hydrogen) atoms. The molecule has 124 valence electrons. The number of hydrogen-bond donors (Lipinski definition) is 0. The number of nitrogens with zero attached hydrogens (tertiary/aromatic N) is 3. The van der Waals surface area contributed by atoms with E-state index >= 15 is 0 Å². The van der Waals surface area contributed by atoms with Crippen LogP contribution in [0.5, 0.6) is 0 Å². The number of hydrogen-bond acceptors (Lipinski definition) is 5. The van der Waals surface area contributed by atoms with E-state index in [1.54, 1.807) is 11.3 Å². The van der Waals surface area contributed by atoms with Crippen LogP contribution in [0.2, 0.25) is 0 Å². The zero-order valence-corrected chi connectivity index (χ0v) is 14.9. The molecule has 1 aliphatic heterocycles. The van der Waals surface area contributed by atoms with Gasteiger partial charge in [0.2, 0.25) is 0 Å². The van der Waals surface area contributed by atoms with Crippen molar-refractivity contribution in [2.75, 3.05) is 20.1 Å². The molecule has 0 saturated carbocycles. The van der Waals surface area contributed by atoms with Crippen molar-refractivity contribution in [3.63, 3.8) is 0 Å². The molecular formula is C16H27N3O2S. The number of likely N-dealkylation sites (tertiary alicyclic amines) is 1. The van der Waals surface area contributed by atoms with E-state index in [0.29, 0.717) is 0 Å². The molecule has 1 unspecified atom stereocenters. The van der Waals surface area contributed by atoms with Crippen molar-refractivity contribution in [3.05, 3.63) is 16.6 Å². The number of rotatable bonds is 4. The van der Waals surface area contributed by atoms with E-state index in [4.69, 9.17) is 4.74 Å². The molecule has 0 bridgehead atoms. The Morgan fingerprint density at radius 1 is 1.50 bits per heavy atom. The van der Waals surface area contributed by atoms with Crippen LogP contribution in [-0.2, 0) is 11.3 Å². The van der Waals surface area contributed by atoms with Crippen molar-refractivity contribution in [3.8, 4) is 0 Å². The van der Waals surface area contributed by atoms with Gasteiger partial charge in [-0.1, -0.05) is 0 Å². The summed E-state index contributed by atoms with van der Waals surface area (Å²) in [6.07, 6.45) is 5.02. The molecule has 2 rings (SSSR count). The number of thiazole rings is 1. The lowest BCUT2D eigenvalue weighted by atomic mass is 10.0. The standard InChI is InChI=1S/C16H27N3O2S/c1-16(2,3)21-15(20)19-8-6-5-7-13(19)10-18(4)11-14-9-17-12-22-14/h9,12-13H,5-8,10-11H2,1-4H3. The quantitative estimate of drug-likeness (QED) is 0.851. The molecule has 1 atom stereocenters. The Bertz CT molecular complexity index is 470. The summed E-state index contributed by atoms with van der Waals surface area (Å²) in [5.41, 5.74) is 1.42. The van der Waals surface area contributed by atoms with Gasteiger partial charge in [0, 0.05) is 36.8 Å². The fourth-order valence-corrected chi connectivity index (χ4v) is 3.44. The summed E-state index contributed by atoms with van der Waals surface area (Å²) < 4.78 is 5.56. The van der Waals surface area contributed by atoms with Crippen LogP contribution in [0.25, 0.3) is 0 Å². The average Bonchev–Trinajstić information content (AvgIpc) is 2.90. The molecule has 1 aromatic rings. The summed E-state index contributed by atoms with van der Waals surface area (Å²) in [6, 6.07) is 0.238. The number of piperidine rings is 1. The minimum atomic E-state index is -0.437. The van der Waals surface area contributed by atoms with Gasteiger partial charge in [0.25, 0.3) is 0 Å². The Hall–Kier alpha value is -1.14. The van der Waals surface area contributed by atoms with Gasteiger partial charge >= 0.3 is 6.09 Å². The number of carbonyl (C=O) groups excluding carboxylic acids is 1. The minimum Gasteiger partial charge on any atom is -0.444 e. The van der Waals surface area contributed by atoms with E-state index in [0.717, 1.165) is 32.5 Å². The van der Waals surface area contributed by atoms with Crippen LogP contribution in [-0.4, -0.2) is 52.7 Å². The van der Waals surface area contributed by atoms with E-state index in [-0.39, 0.29) is 12.1 Å². The van der Waals surface area contributed by atoms with Gasteiger partial charge in [-0.2, -0.15) is 0 Å². The maximum atomic E-state index is 12.4. The molecule has 6 heteroatoms. The molecule has 1 aliphatic rings. The first-order valence-corrected chi connectivity index (χ1v) is 8.78. The van der Waals surface area contributed by atoms with Gasteiger partial charge in [0.1, 0.15) is 5.60 Å². The number of carbonyl (C=O) groups is 1. The number of aromatic nitrogens is 1. The molecule has 0 N–H and O–H groups in total. The van der Waals surface area contributed by atoms with Crippen LogP contribution in [0.3, 0.4) is 0 Å². The monoisotopic (exact) mass is 325 g/mol. The van der Waals surface area contributed by atoms with Crippen LogP contribution < -0.4 is 0 Å². The molecule has 5 nitrogen and oxygen atoms in total. The third kappa shape index (κ3) is 5.25. The minimum absolute atomic E-state index is 0.177. The predicted molar refractivity (Wildman–Crippen MR) is 89.0 cm³/mol. The summed E-state index contributed by atoms with van der Waals surface area (Å²) in [7, 11) is 2.10. The highest BCUT2D eigenvalue weighted by atomic mass is 32.1. The van der Waals surface area contributed by atoms with Gasteiger partial charge in [-0.3, -0.25) is 9.88 Å². The lowest BCUT2D eigenvalue weighted by Gasteiger charge is -2.38. The highest BCUT2D eigenvalue weighted by molar-refractivity contribution is 7.09. The van der Waals surface area contributed by atoms with Crippen molar-refractivity contribution in [1.29, 1.82) is 0 Å². The zero-order valence-electron chi connectivity index (χ0n) is 14.0. The maximum Gasteiger partial charge on any atom is 0.410 e. The SMILES string of the molecule is CN(Cc1cncs1)CC1CCCCN1C(=O)OC(C)(C)C. The van der Waals surface area contributed by atoms with Crippen LogP contribution in [0.15, 0.2) is 11.7 Å². The third-order valence-corrected chi connectivity index (χ3v) is 4.45. The van der Waals surface area contributed by atoms with Gasteiger partial charge in [-0.25, -0.2) is 4.79 Å². The maximum absolute atomic E-state index is 12.4. The highest BCUT2D eigenvalue weighted by Crippen LogP contribution is 2.21. The summed E-state index contributed by atoms with van der Waals surface area (Å²) in [6.45, 7) is 8.30. The van der Waals surface area contributed by atoms with Gasteiger partial charge in [-0.05, 0) is 47.1 Å². The molecular weight excluding hydrogens is 298 g/mol. The molecule has 1 fully saturated rings. The number of ether oxygens (including phenoxy) is 1. The molecule has 1 saturated heterocycles. The Balaban J connectivity index is 1.92. The van der Waals surface area contributed by atoms with E-state index in [1.807, 2.05) is 37.4 Å². The average molecular weight is 325 g/mol. The fraction of sp³-hybridized carbons (Fsp3) is 0.750. The van der Waals surface area contributed by atoms with E-state index in [9.17, 15) is 4.79 Å². The Morgan fingerprint density at radius 2 is 2.27 bits per heavy atom. The first-order chi connectivity index (χ1) is 10.3. The third-order valence-electron chi connectivity index (χ3n) is 3.69. The van der Waals surface area contributed by atoms with Crippen molar-refractivity contribution in [2.45, 2.75) is 58.2 Å². The van der Waals surface area contributed by atoms with Gasteiger partial charge in [-0.15, -0.1) is 11.3 Å². The van der Waals surface area contributed by atoms with Gasteiger partial charge in [0.05, 0.1) is 5.51 Å². The van der Waals surface area contributed by atoms with E-state index in [1.165, 1.54) is 11.3 Å². The summed E-state index contributed by atoms with van der Waals surface area (Å²) in [5, 5.41) is 0. The second-order valence-electron chi connectivity index (χ2n) is 6.99. The Morgan fingerprint density at radius 3 is 2.91 bits per heavy atom. The summed E-state index contributed by atoms with van der Waals surface area (Å²) in [5.74, 6) is 0. The largest absolute Gasteiger partial charge is 0.444 e. The molecule has 0 aromatic carbocycles. The Labute approximate surface area is 137 Å². The molecule has 1 amide bonds. The summed E-state index contributed by atoms with van der Waals surface area (Å²) in [4.78, 5) is 21.9. The molecule has 1 aromatic heterocycles. The lowest BCUT2D eigenvalue weighted by molar-refractivity contribution is 0.00589. The first kappa shape index (κ1) is 17.2. The smallest absolute Gasteiger partial charge is 0.410 e. The predicted octanol–water partition coefficient (Wildman–Crippen LogP) is 3.36. The van der Waals surface area contributed by atoms with Crippen molar-refractivity contribution in [2.24, 2.45) is 0 Å². The second-order valence-corrected chi connectivity index (χ2v) is 7.96. The fourth-order valence-electron chi connectivity index (χ4n) is 2.76. The Kier molecular flexibility index (Phi) is 5.81. The van der Waals surface area contributed by atoms with Crippen LogP contribution >= 0.6 is 11.3 Å². The molecule has 0 spiro atoms. The normalized spacial score (nSPS) is 19.5. The lowest BCUT2D eigenvalue weighted by Crippen LogP contribution is -2.50. The molecule has 2 heterocycles. The topological polar surface area (TPSA) is 45.7 Å². The van der Waals surface area contributed by atoms with E-state index in [2.05, 4.69) is 16.9 Å². The highest BCUT2D eigenvalue weighted by Gasteiger charge is 2.31. The number of amides is 1. The second kappa shape index (κ2) is 7.42. The van der Waals surface area contributed by atoms with Crippen molar-refractivity contribution in [1.82, 2.24) is 14.8 Å². The zero-order chi connectivity index (χ0) is 16.2.